The van der Waals surface area contributed by atoms with Gasteiger partial charge in [0.1, 0.15) is 10.6 Å². The summed E-state index contributed by atoms with van der Waals surface area (Å²) in [6.45, 7) is 1.50. The quantitative estimate of drug-likeness (QED) is 0.458. The Kier molecular flexibility index (Phi) is 9.48. The Morgan fingerprint density at radius 2 is 1.61 bits per heavy atom. The molecular formula is C25H37ClN2O2S. The predicted molar refractivity (Wildman–Crippen MR) is 133 cm³/mol. The number of carbonyl (C=O) groups is 1. The molecule has 6 heteroatoms. The first kappa shape index (κ1) is 24.3. The van der Waals surface area contributed by atoms with E-state index < -0.39 is 0 Å². The highest BCUT2D eigenvalue weighted by molar-refractivity contribution is 7.21. The van der Waals surface area contributed by atoms with Crippen LogP contribution in [0, 0.1) is 11.8 Å². The Morgan fingerprint density at radius 3 is 2.23 bits per heavy atom. The van der Waals surface area contributed by atoms with Crippen LogP contribution in [0.15, 0.2) is 24.3 Å². The first-order valence-electron chi connectivity index (χ1n) is 11.8. The zero-order valence-corrected chi connectivity index (χ0v) is 20.3. The van der Waals surface area contributed by atoms with E-state index in [4.69, 9.17) is 4.74 Å². The van der Waals surface area contributed by atoms with Gasteiger partial charge in [-0.15, -0.1) is 23.7 Å². The molecule has 0 aliphatic heterocycles. The van der Waals surface area contributed by atoms with Gasteiger partial charge in [0, 0.05) is 29.2 Å². The van der Waals surface area contributed by atoms with Gasteiger partial charge in [-0.25, -0.2) is 0 Å². The van der Waals surface area contributed by atoms with Crippen LogP contribution in [0.5, 0.6) is 5.75 Å². The standard InChI is InChI=1S/C25H36N2O2S.ClH/c1-29-23-20-14-8-9-15-21(20)30-24(23)25(28)27-17-16-26-22(18-10-4-2-5-11-18)19-12-6-3-7-13-19;/h8-9,14-15,18-19,22,26H,2-7,10-13,16-17H2,1H3,(H,27,28);1H. The lowest BCUT2D eigenvalue weighted by Crippen LogP contribution is -2.46. The van der Waals surface area contributed by atoms with Crippen molar-refractivity contribution in [3.05, 3.63) is 29.1 Å². The van der Waals surface area contributed by atoms with Gasteiger partial charge in [-0.05, 0) is 49.7 Å². The molecular weight excluding hydrogens is 428 g/mol. The summed E-state index contributed by atoms with van der Waals surface area (Å²) in [6, 6.07) is 8.67. The van der Waals surface area contributed by atoms with Crippen LogP contribution in [0.4, 0.5) is 0 Å². The second-order valence-electron chi connectivity index (χ2n) is 8.99. The molecule has 172 valence electrons. The molecule has 2 N–H and O–H groups in total. The van der Waals surface area contributed by atoms with Crippen LogP contribution in [0.25, 0.3) is 10.1 Å². The predicted octanol–water partition coefficient (Wildman–Crippen LogP) is 6.18. The highest BCUT2D eigenvalue weighted by atomic mass is 35.5. The second kappa shape index (κ2) is 12.1. The van der Waals surface area contributed by atoms with Crippen LogP contribution in [-0.2, 0) is 0 Å². The summed E-state index contributed by atoms with van der Waals surface area (Å²) >= 11 is 1.51. The fourth-order valence-electron chi connectivity index (χ4n) is 5.57. The number of rotatable bonds is 8. The van der Waals surface area contributed by atoms with Gasteiger partial charge >= 0.3 is 0 Å². The van der Waals surface area contributed by atoms with Crippen molar-refractivity contribution >= 4 is 39.7 Å². The summed E-state index contributed by atoms with van der Waals surface area (Å²) in [5.41, 5.74) is 0. The fraction of sp³-hybridized carbons (Fsp3) is 0.640. The van der Waals surface area contributed by atoms with Crippen molar-refractivity contribution in [3.63, 3.8) is 0 Å². The number of amides is 1. The number of hydrogen-bond donors (Lipinski definition) is 2. The van der Waals surface area contributed by atoms with Crippen LogP contribution >= 0.6 is 23.7 Å². The number of hydrogen-bond acceptors (Lipinski definition) is 4. The summed E-state index contributed by atoms with van der Waals surface area (Å²) < 4.78 is 6.65. The molecule has 1 amide bonds. The first-order valence-corrected chi connectivity index (χ1v) is 12.7. The van der Waals surface area contributed by atoms with Crippen LogP contribution < -0.4 is 15.4 Å². The second-order valence-corrected chi connectivity index (χ2v) is 10.0. The maximum absolute atomic E-state index is 12.8. The minimum Gasteiger partial charge on any atom is -0.494 e. The van der Waals surface area contributed by atoms with E-state index in [2.05, 4.69) is 10.6 Å². The van der Waals surface area contributed by atoms with Crippen LogP contribution in [0.3, 0.4) is 0 Å². The molecule has 2 aromatic rings. The van der Waals surface area contributed by atoms with Gasteiger partial charge < -0.3 is 15.4 Å². The van der Waals surface area contributed by atoms with Crippen molar-refractivity contribution in [2.24, 2.45) is 11.8 Å². The topological polar surface area (TPSA) is 50.4 Å². The van der Waals surface area contributed by atoms with E-state index in [1.165, 1.54) is 75.5 Å². The summed E-state index contributed by atoms with van der Waals surface area (Å²) in [5.74, 6) is 2.31. The van der Waals surface area contributed by atoms with Crippen LogP contribution in [0.1, 0.15) is 73.9 Å². The fourth-order valence-corrected chi connectivity index (χ4v) is 6.66. The van der Waals surface area contributed by atoms with E-state index in [1.54, 1.807) is 7.11 Å². The molecule has 1 aromatic heterocycles. The van der Waals surface area contributed by atoms with E-state index in [-0.39, 0.29) is 18.3 Å². The average molecular weight is 465 g/mol. The molecule has 4 nitrogen and oxygen atoms in total. The lowest BCUT2D eigenvalue weighted by molar-refractivity contribution is 0.0953. The largest absolute Gasteiger partial charge is 0.494 e. The molecule has 31 heavy (non-hydrogen) atoms. The summed E-state index contributed by atoms with van der Waals surface area (Å²) in [5, 5.41) is 8.02. The number of fused-ring (bicyclic) bond motifs is 1. The van der Waals surface area contributed by atoms with Gasteiger partial charge in [0.05, 0.1) is 7.11 Å². The van der Waals surface area contributed by atoms with Crippen molar-refractivity contribution in [1.82, 2.24) is 10.6 Å². The maximum atomic E-state index is 12.8. The van der Waals surface area contributed by atoms with Crippen molar-refractivity contribution in [3.8, 4) is 5.75 Å². The van der Waals surface area contributed by atoms with Gasteiger partial charge in [0.25, 0.3) is 5.91 Å². The van der Waals surface area contributed by atoms with Crippen molar-refractivity contribution < 1.29 is 9.53 Å². The van der Waals surface area contributed by atoms with Gasteiger partial charge in [0.2, 0.25) is 0 Å². The molecule has 4 rings (SSSR count). The Morgan fingerprint density at radius 1 is 1.00 bits per heavy atom. The number of methoxy groups -OCH3 is 1. The SMILES string of the molecule is COc1c(C(=O)NCCNC(C2CCCCC2)C2CCCCC2)sc2ccccc12.Cl. The zero-order valence-electron chi connectivity index (χ0n) is 18.7. The maximum Gasteiger partial charge on any atom is 0.265 e. The number of carbonyl (C=O) groups excluding carboxylic acids is 1. The molecule has 0 unspecified atom stereocenters. The number of nitrogens with one attached hydrogen (secondary N) is 2. The van der Waals surface area contributed by atoms with Crippen LogP contribution in [0.2, 0.25) is 0 Å². The molecule has 0 radical (unpaired) electrons. The van der Waals surface area contributed by atoms with Gasteiger partial charge in [0.15, 0.2) is 0 Å². The van der Waals surface area contributed by atoms with E-state index in [0.29, 0.717) is 23.2 Å². The van der Waals surface area contributed by atoms with E-state index >= 15 is 0 Å². The first-order chi connectivity index (χ1) is 14.8. The highest BCUT2D eigenvalue weighted by Crippen LogP contribution is 2.37. The Balaban J connectivity index is 0.00000272. The van der Waals surface area contributed by atoms with Gasteiger partial charge in [-0.1, -0.05) is 50.7 Å². The Hall–Kier alpha value is -1.30. The Labute approximate surface area is 196 Å². The third kappa shape index (κ3) is 5.94. The van der Waals surface area contributed by atoms with E-state index in [0.717, 1.165) is 28.5 Å². The highest BCUT2D eigenvalue weighted by Gasteiger charge is 2.31. The lowest BCUT2D eigenvalue weighted by Gasteiger charge is -2.38. The molecule has 0 atom stereocenters. The number of thiophene rings is 1. The van der Waals surface area contributed by atoms with Gasteiger partial charge in [-0.3, -0.25) is 4.79 Å². The minimum absolute atomic E-state index is 0. The Bertz CT molecular complexity index is 810. The summed E-state index contributed by atoms with van der Waals surface area (Å²) in [7, 11) is 1.64. The number of ether oxygens (including phenoxy) is 1. The summed E-state index contributed by atoms with van der Waals surface area (Å²) in [4.78, 5) is 13.5. The third-order valence-electron chi connectivity index (χ3n) is 7.07. The minimum atomic E-state index is -0.0262. The van der Waals surface area contributed by atoms with Crippen molar-refractivity contribution in [1.29, 1.82) is 0 Å². The molecule has 0 saturated heterocycles. The molecule has 0 spiro atoms. The van der Waals surface area contributed by atoms with Crippen LogP contribution in [-0.4, -0.2) is 32.1 Å². The molecule has 1 heterocycles. The normalized spacial score (nSPS) is 18.1. The monoisotopic (exact) mass is 464 g/mol. The third-order valence-corrected chi connectivity index (χ3v) is 8.22. The molecule has 2 aliphatic carbocycles. The molecule has 2 saturated carbocycles. The molecule has 2 aliphatic rings. The van der Waals surface area contributed by atoms with E-state index in [1.807, 2.05) is 24.3 Å². The van der Waals surface area contributed by atoms with E-state index in [9.17, 15) is 4.79 Å². The number of benzene rings is 1. The van der Waals surface area contributed by atoms with Crippen molar-refractivity contribution in [2.75, 3.05) is 20.2 Å². The smallest absolute Gasteiger partial charge is 0.265 e. The molecule has 1 aromatic carbocycles. The molecule has 2 fully saturated rings. The molecule has 0 bridgehead atoms. The number of halogens is 1. The lowest BCUT2D eigenvalue weighted by atomic mass is 9.74. The summed E-state index contributed by atoms with van der Waals surface area (Å²) in [6.07, 6.45) is 13.9. The van der Waals surface area contributed by atoms with Gasteiger partial charge in [-0.2, -0.15) is 0 Å². The average Bonchev–Trinajstić information content (AvgIpc) is 3.19. The zero-order chi connectivity index (χ0) is 20.8. The van der Waals surface area contributed by atoms with Crippen molar-refractivity contribution in [2.45, 2.75) is 70.3 Å².